The lowest BCUT2D eigenvalue weighted by Crippen LogP contribution is -2.14. The van der Waals surface area contributed by atoms with Gasteiger partial charge in [0, 0.05) is 55.0 Å². The molecule has 0 saturated carbocycles. The van der Waals surface area contributed by atoms with Crippen LogP contribution in [0.4, 0.5) is 0 Å². The van der Waals surface area contributed by atoms with Crippen LogP contribution < -0.4 is 0 Å². The summed E-state index contributed by atoms with van der Waals surface area (Å²) < 4.78 is 7.38. The van der Waals surface area contributed by atoms with E-state index in [1.165, 1.54) is 94.0 Å². The van der Waals surface area contributed by atoms with Gasteiger partial charge in [-0.1, -0.05) is 111 Å². The van der Waals surface area contributed by atoms with Crippen molar-refractivity contribution in [2.75, 3.05) is 0 Å². The largest absolute Gasteiger partial charge is 0.309 e. The summed E-state index contributed by atoms with van der Waals surface area (Å²) in [6.45, 7) is 4.81. The van der Waals surface area contributed by atoms with Crippen molar-refractivity contribution in [1.82, 2.24) is 13.7 Å². The molecule has 0 fully saturated rings. The number of hydrogen-bond acceptors (Lipinski definition) is 0. The minimum absolute atomic E-state index is 0.167. The smallest absolute Gasteiger partial charge is 0.0585 e. The Kier molecular flexibility index (Phi) is 5.45. The second-order valence-electron chi connectivity index (χ2n) is 14.2. The summed E-state index contributed by atoms with van der Waals surface area (Å²) in [6, 6.07) is 60.0. The molecule has 0 spiro atoms. The topological polar surface area (TPSA) is 14.8 Å². The van der Waals surface area contributed by atoms with E-state index in [0.29, 0.717) is 0 Å². The third-order valence-corrected chi connectivity index (χ3v) is 11.2. The van der Waals surface area contributed by atoms with E-state index in [1.54, 1.807) is 0 Å². The summed E-state index contributed by atoms with van der Waals surface area (Å²) in [5, 5.41) is 6.45. The van der Waals surface area contributed by atoms with Crippen molar-refractivity contribution < 1.29 is 0 Å². The zero-order chi connectivity index (χ0) is 33.1. The van der Waals surface area contributed by atoms with E-state index in [0.717, 1.165) is 0 Å². The second kappa shape index (κ2) is 9.87. The van der Waals surface area contributed by atoms with Crippen LogP contribution in [0, 0.1) is 0 Å². The van der Waals surface area contributed by atoms with E-state index in [2.05, 4.69) is 191 Å². The predicted octanol–water partition coefficient (Wildman–Crippen LogP) is 12.1. The molecule has 0 bridgehead atoms. The maximum Gasteiger partial charge on any atom is 0.0585 e. The van der Waals surface area contributed by atoms with Gasteiger partial charge in [0.15, 0.2) is 0 Å². The van der Waals surface area contributed by atoms with Gasteiger partial charge in [-0.05, 0) is 77.9 Å². The van der Waals surface area contributed by atoms with Gasteiger partial charge < -0.3 is 13.7 Å². The molecule has 1 aliphatic rings. The van der Waals surface area contributed by atoms with Crippen molar-refractivity contribution in [3.8, 4) is 28.3 Å². The lowest BCUT2D eigenvalue weighted by Gasteiger charge is -2.21. The molecule has 3 aromatic heterocycles. The van der Waals surface area contributed by atoms with Crippen molar-refractivity contribution in [2.45, 2.75) is 19.3 Å². The highest BCUT2D eigenvalue weighted by Gasteiger charge is 2.41. The minimum atomic E-state index is -0.167. The van der Waals surface area contributed by atoms with Gasteiger partial charge in [0.2, 0.25) is 0 Å². The van der Waals surface area contributed by atoms with Crippen LogP contribution in [0.5, 0.6) is 0 Å². The Bertz CT molecular complexity index is 2990. The highest BCUT2D eigenvalue weighted by Crippen LogP contribution is 2.55. The Morgan fingerprint density at radius 2 is 0.900 bits per heavy atom. The van der Waals surface area contributed by atoms with Crippen molar-refractivity contribution >= 4 is 54.5 Å². The van der Waals surface area contributed by atoms with E-state index >= 15 is 0 Å². The summed E-state index contributed by atoms with van der Waals surface area (Å²) in [5.74, 6) is 0. The molecule has 3 heteroatoms. The fourth-order valence-corrected chi connectivity index (χ4v) is 9.15. The molecule has 3 heterocycles. The number of rotatable bonds is 3. The Balaban J connectivity index is 1.27. The summed E-state index contributed by atoms with van der Waals surface area (Å²) in [7, 11) is 0. The molecule has 0 saturated heterocycles. The highest BCUT2D eigenvalue weighted by atomic mass is 15.0. The predicted molar refractivity (Wildman–Crippen MR) is 210 cm³/mol. The van der Waals surface area contributed by atoms with E-state index < -0.39 is 0 Å². The molecular formula is C47H33N3. The number of nitrogens with zero attached hydrogens (tertiary/aromatic N) is 3. The quantitative estimate of drug-likeness (QED) is 0.183. The average molecular weight is 640 g/mol. The van der Waals surface area contributed by atoms with Gasteiger partial charge in [-0.3, -0.25) is 0 Å². The first kappa shape index (κ1) is 27.6. The molecule has 1 aliphatic carbocycles. The van der Waals surface area contributed by atoms with Gasteiger partial charge in [0.05, 0.1) is 33.3 Å². The summed E-state index contributed by atoms with van der Waals surface area (Å²) in [6.07, 6.45) is 0. The third kappa shape index (κ3) is 3.49. The highest BCUT2D eigenvalue weighted by molar-refractivity contribution is 6.24. The number of aromatic nitrogens is 3. The minimum Gasteiger partial charge on any atom is -0.309 e. The number of benzene rings is 7. The fourth-order valence-electron chi connectivity index (χ4n) is 9.15. The number of para-hydroxylation sites is 4. The number of fused-ring (bicyclic) bond motifs is 12. The van der Waals surface area contributed by atoms with Crippen molar-refractivity contribution in [3.05, 3.63) is 175 Å². The zero-order valence-electron chi connectivity index (χ0n) is 27.9. The summed E-state index contributed by atoms with van der Waals surface area (Å²) >= 11 is 0. The molecule has 7 aromatic carbocycles. The number of hydrogen-bond donors (Lipinski definition) is 0. The summed E-state index contributed by atoms with van der Waals surface area (Å²) in [4.78, 5) is 0. The molecule has 236 valence electrons. The van der Waals surface area contributed by atoms with Crippen LogP contribution >= 0.6 is 0 Å². The first-order valence-electron chi connectivity index (χ1n) is 17.5. The Morgan fingerprint density at radius 3 is 1.64 bits per heavy atom. The van der Waals surface area contributed by atoms with Gasteiger partial charge in [-0.15, -0.1) is 0 Å². The molecule has 0 aliphatic heterocycles. The molecule has 0 atom stereocenters. The van der Waals surface area contributed by atoms with Gasteiger partial charge in [0.25, 0.3) is 0 Å². The SMILES string of the molecule is CC1(C)c2ccccc2-c2c1c1c3c4ccccc4n(-c4ccc5c(c4)c4ccccc4n5-c4ccccc4)c3ccc1n2-c1ccccc1. The van der Waals surface area contributed by atoms with Crippen LogP contribution in [0.25, 0.3) is 82.8 Å². The monoisotopic (exact) mass is 639 g/mol. The van der Waals surface area contributed by atoms with Gasteiger partial charge in [0.1, 0.15) is 0 Å². The molecule has 50 heavy (non-hydrogen) atoms. The molecule has 0 N–H and O–H groups in total. The van der Waals surface area contributed by atoms with Gasteiger partial charge in [-0.25, -0.2) is 0 Å². The van der Waals surface area contributed by atoms with Crippen molar-refractivity contribution in [2.24, 2.45) is 0 Å². The van der Waals surface area contributed by atoms with E-state index in [9.17, 15) is 0 Å². The molecular weight excluding hydrogens is 607 g/mol. The Hall–Kier alpha value is -6.32. The maximum atomic E-state index is 2.51. The normalized spacial score (nSPS) is 13.6. The summed E-state index contributed by atoms with van der Waals surface area (Å²) in [5.41, 5.74) is 14.9. The van der Waals surface area contributed by atoms with Gasteiger partial charge in [-0.2, -0.15) is 0 Å². The van der Waals surface area contributed by atoms with Crippen LogP contribution in [0.2, 0.25) is 0 Å². The first-order chi connectivity index (χ1) is 24.6. The molecule has 11 rings (SSSR count). The molecule has 3 nitrogen and oxygen atoms in total. The van der Waals surface area contributed by atoms with Crippen LogP contribution in [0.15, 0.2) is 164 Å². The first-order valence-corrected chi connectivity index (χ1v) is 17.5. The van der Waals surface area contributed by atoms with E-state index in [4.69, 9.17) is 0 Å². The second-order valence-corrected chi connectivity index (χ2v) is 14.2. The lowest BCUT2D eigenvalue weighted by atomic mass is 9.81. The van der Waals surface area contributed by atoms with Crippen LogP contribution in [-0.4, -0.2) is 13.7 Å². The van der Waals surface area contributed by atoms with Crippen molar-refractivity contribution in [1.29, 1.82) is 0 Å². The average Bonchev–Trinajstić information content (AvgIpc) is 3.86. The maximum absolute atomic E-state index is 2.51. The fraction of sp³-hybridized carbons (Fsp3) is 0.0638. The Morgan fingerprint density at radius 1 is 0.380 bits per heavy atom. The molecule has 0 unspecified atom stereocenters. The zero-order valence-corrected chi connectivity index (χ0v) is 27.9. The standard InChI is InChI=1S/C47H33N3/c1-47(2)37-22-12-9-20-34(37)46-45(47)44-42(50(46)31-17-7-4-8-18-31)28-27-41-43(44)35-21-11-14-24-39(35)49(41)32-25-26-40-36(29-32)33-19-10-13-23-38(33)48(40)30-15-5-3-6-16-30/h3-29H,1-2H3. The van der Waals surface area contributed by atoms with Crippen LogP contribution in [0.3, 0.4) is 0 Å². The van der Waals surface area contributed by atoms with Crippen LogP contribution in [-0.2, 0) is 5.41 Å². The van der Waals surface area contributed by atoms with E-state index in [1.807, 2.05) is 0 Å². The Labute approximate surface area is 289 Å². The third-order valence-electron chi connectivity index (χ3n) is 11.2. The molecule has 0 radical (unpaired) electrons. The van der Waals surface area contributed by atoms with Crippen LogP contribution in [0.1, 0.15) is 25.0 Å². The van der Waals surface area contributed by atoms with E-state index in [-0.39, 0.29) is 5.41 Å². The molecule has 0 amide bonds. The lowest BCUT2D eigenvalue weighted by molar-refractivity contribution is 0.666. The molecule has 10 aromatic rings. The van der Waals surface area contributed by atoms with Gasteiger partial charge >= 0.3 is 0 Å². The van der Waals surface area contributed by atoms with Crippen molar-refractivity contribution in [3.63, 3.8) is 0 Å².